The number of aliphatic carboxylic acids is 1. The highest BCUT2D eigenvalue weighted by atomic mass is 16.8. The Morgan fingerprint density at radius 1 is 1.05 bits per heavy atom. The van der Waals surface area contributed by atoms with E-state index in [2.05, 4.69) is 15.6 Å². The lowest BCUT2D eigenvalue weighted by Gasteiger charge is -2.37. The van der Waals surface area contributed by atoms with Crippen molar-refractivity contribution in [1.82, 2.24) is 4.98 Å². The molecule has 1 aromatic heterocycles. The van der Waals surface area contributed by atoms with Crippen molar-refractivity contribution in [2.24, 2.45) is 0 Å². The van der Waals surface area contributed by atoms with Crippen LogP contribution in [-0.4, -0.2) is 62.1 Å². The summed E-state index contributed by atoms with van der Waals surface area (Å²) in [4.78, 5) is 21.8. The number of aliphatic hydroxyl groups is 3. The van der Waals surface area contributed by atoms with Gasteiger partial charge in [-0.3, -0.25) is 0 Å². The summed E-state index contributed by atoms with van der Waals surface area (Å²) >= 11 is 0. The molecule has 1 saturated heterocycles. The smallest absolute Gasteiger partial charge is 0.435 e. The maximum Gasteiger partial charge on any atom is 0.435 e. The number of ether oxygens (including phenoxy) is 1. The number of benzene rings is 2. The molecule has 1 aliphatic heterocycles. The highest BCUT2D eigenvalue weighted by Crippen LogP contribution is 2.27. The van der Waals surface area contributed by atoms with Crippen molar-refractivity contribution in [2.75, 3.05) is 10.6 Å². The van der Waals surface area contributed by atoms with E-state index in [4.69, 9.17) is 20.1 Å². The van der Waals surface area contributed by atoms with Gasteiger partial charge in [-0.15, -0.1) is 0 Å². The van der Waals surface area contributed by atoms with E-state index >= 15 is 0 Å². The Morgan fingerprint density at radius 2 is 1.73 bits per heavy atom. The second-order valence-corrected chi connectivity index (χ2v) is 9.23. The van der Waals surface area contributed by atoms with Crippen LogP contribution in [0, 0.1) is 36.5 Å². The van der Waals surface area contributed by atoms with Gasteiger partial charge in [0.15, 0.2) is 6.10 Å². The Hall–Kier alpha value is -5.05. The van der Waals surface area contributed by atoms with Gasteiger partial charge in [-0.05, 0) is 78.0 Å². The summed E-state index contributed by atoms with van der Waals surface area (Å²) in [5, 5.41) is 64.2. The lowest BCUT2D eigenvalue weighted by Crippen LogP contribution is -2.65. The van der Waals surface area contributed by atoms with Crippen LogP contribution >= 0.6 is 0 Å². The van der Waals surface area contributed by atoms with Crippen molar-refractivity contribution in [3.05, 3.63) is 77.0 Å². The summed E-state index contributed by atoms with van der Waals surface area (Å²) in [6.07, 6.45) is -4.51. The Balaban J connectivity index is 1.68. The third kappa shape index (κ3) is 6.58. The number of carboxylic acids is 1. The summed E-state index contributed by atoms with van der Waals surface area (Å²) < 4.78 is 6.32. The second kappa shape index (κ2) is 12.4. The molecule has 0 aliphatic carbocycles. The number of aromatic nitrogens is 2. The van der Waals surface area contributed by atoms with E-state index in [9.17, 15) is 25.2 Å². The van der Waals surface area contributed by atoms with Crippen molar-refractivity contribution < 1.29 is 39.5 Å². The van der Waals surface area contributed by atoms with Crippen LogP contribution in [0.15, 0.2) is 54.7 Å². The Labute approximate surface area is 234 Å². The zero-order chi connectivity index (χ0) is 29.7. The number of nitrogens with one attached hydrogen (secondary N) is 2. The molecule has 0 amide bonds. The molecule has 1 fully saturated rings. The van der Waals surface area contributed by atoms with Crippen LogP contribution in [0.3, 0.4) is 0 Å². The maximum atomic E-state index is 11.5. The number of anilines is 4. The SMILES string of the molecule is Cc1cc(/C=C/C#N)cc(C)c1Nc1cc[n+](O[C@@H]2O[C@H](C(=O)O)[C@@H](O)[C@H](O)[C@H]2O)c(Nc2ccc(C#N)cc2)n1. The van der Waals surface area contributed by atoms with Crippen molar-refractivity contribution in [1.29, 1.82) is 10.5 Å². The molecule has 0 radical (unpaired) electrons. The van der Waals surface area contributed by atoms with Crippen LogP contribution in [0.1, 0.15) is 22.3 Å². The largest absolute Gasteiger partial charge is 0.479 e. The lowest BCUT2D eigenvalue weighted by atomic mass is 9.99. The van der Waals surface area contributed by atoms with Crippen LogP contribution in [0.25, 0.3) is 6.08 Å². The topological polar surface area (TPSA) is 205 Å². The van der Waals surface area contributed by atoms with Crippen LogP contribution in [0.2, 0.25) is 0 Å². The fourth-order valence-electron chi connectivity index (χ4n) is 4.21. The summed E-state index contributed by atoms with van der Waals surface area (Å²) in [6, 6.07) is 15.8. The number of allylic oxidation sites excluding steroid dienone is 1. The maximum absolute atomic E-state index is 11.5. The standard InChI is InChI=1S/C28H26N6O7/c1-15-12-18(4-3-10-29)13-16(2)21(15)32-20-9-11-34(28(33-20)31-19-7-5-17(14-30)6-8-19)41-27-24(37)22(35)23(36)25(40-27)26(38)39/h3-9,11-13,22-25,27,35-37H,1-2H3,(H2,31,32,33,38,39)/p+1/b4-3+/t22-,23-,24+,25-,27-/m0/s1. The molecule has 2 aromatic carbocycles. The third-order valence-electron chi connectivity index (χ3n) is 6.26. The zero-order valence-corrected chi connectivity index (χ0v) is 22.0. The molecule has 5 atom stereocenters. The molecule has 4 rings (SSSR count). The molecule has 13 nitrogen and oxygen atoms in total. The molecule has 0 saturated carbocycles. The lowest BCUT2D eigenvalue weighted by molar-refractivity contribution is -0.899. The monoisotopic (exact) mass is 559 g/mol. The zero-order valence-electron chi connectivity index (χ0n) is 22.0. The number of carbonyl (C=O) groups is 1. The van der Waals surface area contributed by atoms with Crippen molar-refractivity contribution >= 4 is 35.2 Å². The van der Waals surface area contributed by atoms with Gasteiger partial charge >= 0.3 is 11.9 Å². The first-order valence-corrected chi connectivity index (χ1v) is 12.3. The third-order valence-corrected chi connectivity index (χ3v) is 6.26. The molecule has 0 spiro atoms. The first-order valence-electron chi connectivity index (χ1n) is 12.3. The molecular formula is C28H27N6O7+. The normalized spacial score (nSPS) is 22.0. The van der Waals surface area contributed by atoms with Gasteiger partial charge in [0, 0.05) is 17.8 Å². The average Bonchev–Trinajstić information content (AvgIpc) is 2.95. The van der Waals surface area contributed by atoms with E-state index in [1.165, 1.54) is 12.3 Å². The predicted molar refractivity (Wildman–Crippen MR) is 144 cm³/mol. The Bertz CT molecular complexity index is 1520. The summed E-state index contributed by atoms with van der Waals surface area (Å²) in [6.45, 7) is 3.81. The van der Waals surface area contributed by atoms with Crippen LogP contribution < -0.4 is 20.2 Å². The van der Waals surface area contributed by atoms with E-state index in [1.54, 1.807) is 36.4 Å². The first kappa shape index (κ1) is 28.9. The summed E-state index contributed by atoms with van der Waals surface area (Å²) in [7, 11) is 0. The van der Waals surface area contributed by atoms with Crippen LogP contribution in [-0.2, 0) is 9.53 Å². The molecule has 3 aromatic rings. The number of aliphatic hydroxyl groups excluding tert-OH is 3. The van der Waals surface area contributed by atoms with E-state index in [-0.39, 0.29) is 5.95 Å². The molecule has 1 aliphatic rings. The number of hydrogen-bond donors (Lipinski definition) is 6. The predicted octanol–water partition coefficient (Wildman–Crippen LogP) is 1.20. The molecular weight excluding hydrogens is 532 g/mol. The van der Waals surface area contributed by atoms with Gasteiger partial charge in [0.05, 0.1) is 23.4 Å². The van der Waals surface area contributed by atoms with Gasteiger partial charge in [0.1, 0.15) is 24.5 Å². The van der Waals surface area contributed by atoms with Crippen molar-refractivity contribution in [3.8, 4) is 12.1 Å². The minimum Gasteiger partial charge on any atom is -0.479 e. The van der Waals surface area contributed by atoms with E-state index in [1.807, 2.05) is 38.1 Å². The molecule has 0 unspecified atom stereocenters. The van der Waals surface area contributed by atoms with E-state index in [0.717, 1.165) is 27.1 Å². The number of nitrogens with zero attached hydrogens (tertiary/aromatic N) is 4. The quantitative estimate of drug-likeness (QED) is 0.170. The van der Waals surface area contributed by atoms with Gasteiger partial charge in [-0.25, -0.2) is 10.1 Å². The summed E-state index contributed by atoms with van der Waals surface area (Å²) in [5.74, 6) is -1.10. The van der Waals surface area contributed by atoms with Crippen LogP contribution in [0.5, 0.6) is 0 Å². The van der Waals surface area contributed by atoms with E-state index < -0.39 is 36.7 Å². The van der Waals surface area contributed by atoms with E-state index in [0.29, 0.717) is 17.1 Å². The van der Waals surface area contributed by atoms with Gasteiger partial charge in [0.25, 0.3) is 6.29 Å². The highest BCUT2D eigenvalue weighted by molar-refractivity contribution is 5.73. The molecule has 13 heteroatoms. The second-order valence-electron chi connectivity index (χ2n) is 9.23. The number of hydrogen-bond acceptors (Lipinski definition) is 11. The van der Waals surface area contributed by atoms with Gasteiger partial charge in [0.2, 0.25) is 5.82 Å². The minimum absolute atomic E-state index is 0.0619. The van der Waals surface area contributed by atoms with Gasteiger partial charge < -0.3 is 35.3 Å². The molecule has 0 bridgehead atoms. The Morgan fingerprint density at radius 3 is 2.34 bits per heavy atom. The number of aryl methyl sites for hydroxylation is 2. The number of carboxylic acid groups (broad SMARTS) is 1. The fraction of sp³-hybridized carbons (Fsp3) is 0.250. The molecule has 210 valence electrons. The van der Waals surface area contributed by atoms with Crippen LogP contribution in [0.4, 0.5) is 23.1 Å². The molecule has 6 N–H and O–H groups in total. The minimum atomic E-state index is -1.87. The van der Waals surface area contributed by atoms with Gasteiger partial charge in [-0.1, -0.05) is 4.73 Å². The van der Waals surface area contributed by atoms with Crippen molar-refractivity contribution in [2.45, 2.75) is 44.6 Å². The summed E-state index contributed by atoms with van der Waals surface area (Å²) in [5.41, 5.74) is 4.39. The first-order chi connectivity index (χ1) is 19.6. The molecule has 41 heavy (non-hydrogen) atoms. The van der Waals surface area contributed by atoms with Crippen molar-refractivity contribution in [3.63, 3.8) is 0 Å². The number of nitriles is 2. The van der Waals surface area contributed by atoms with Gasteiger partial charge in [-0.2, -0.15) is 10.5 Å². The fourth-order valence-corrected chi connectivity index (χ4v) is 4.21. The Kier molecular flexibility index (Phi) is 8.77. The molecule has 2 heterocycles. The highest BCUT2D eigenvalue weighted by Gasteiger charge is 2.49. The number of rotatable bonds is 8. The average molecular weight is 560 g/mol.